The Morgan fingerprint density at radius 1 is 1.08 bits per heavy atom. The van der Waals surface area contributed by atoms with Crippen molar-refractivity contribution in [3.05, 3.63) is 0 Å². The molecule has 2 fully saturated rings. The first-order valence-corrected chi connectivity index (χ1v) is 5.56. The maximum Gasteiger partial charge on any atom is 0.0181 e. The van der Waals surface area contributed by atoms with Gasteiger partial charge < -0.3 is 5.32 Å². The van der Waals surface area contributed by atoms with E-state index in [2.05, 4.69) is 12.2 Å². The molecule has 0 bridgehead atoms. The second-order valence-electron chi connectivity index (χ2n) is 4.85. The minimum atomic E-state index is 0.588. The van der Waals surface area contributed by atoms with Crippen molar-refractivity contribution in [2.24, 2.45) is 5.92 Å². The molecule has 1 N–H and O–H groups in total. The van der Waals surface area contributed by atoms with E-state index >= 15 is 0 Å². The molecule has 2 rings (SSSR count). The summed E-state index contributed by atoms with van der Waals surface area (Å²) in [6.45, 7) is 3.67. The van der Waals surface area contributed by atoms with Crippen molar-refractivity contribution >= 4 is 0 Å². The molecule has 0 aromatic rings. The summed E-state index contributed by atoms with van der Waals surface area (Å²) in [6.07, 6.45) is 10.1. The van der Waals surface area contributed by atoms with Crippen LogP contribution in [0.15, 0.2) is 0 Å². The Morgan fingerprint density at radius 3 is 2.42 bits per heavy atom. The zero-order valence-electron chi connectivity index (χ0n) is 8.23. The second kappa shape index (κ2) is 3.37. The molecule has 1 nitrogen and oxygen atoms in total. The van der Waals surface area contributed by atoms with Crippen LogP contribution in [-0.2, 0) is 0 Å². The number of hydrogen-bond acceptors (Lipinski definition) is 1. The topological polar surface area (TPSA) is 12.0 Å². The van der Waals surface area contributed by atoms with Crippen molar-refractivity contribution in [2.45, 2.75) is 57.4 Å². The average molecular weight is 167 g/mol. The highest BCUT2D eigenvalue weighted by molar-refractivity contribution is 4.94. The van der Waals surface area contributed by atoms with Gasteiger partial charge in [-0.25, -0.2) is 0 Å². The summed E-state index contributed by atoms with van der Waals surface area (Å²) in [5, 5.41) is 3.76. The number of hydrogen-bond donors (Lipinski definition) is 1. The SMILES string of the molecule is CC1CCC2(CCCCN2)CC1. The van der Waals surface area contributed by atoms with E-state index in [4.69, 9.17) is 0 Å². The van der Waals surface area contributed by atoms with Gasteiger partial charge in [0.05, 0.1) is 0 Å². The Morgan fingerprint density at radius 2 is 1.83 bits per heavy atom. The molecular weight excluding hydrogens is 146 g/mol. The van der Waals surface area contributed by atoms with Crippen molar-refractivity contribution in [1.82, 2.24) is 5.32 Å². The van der Waals surface area contributed by atoms with Crippen LogP contribution < -0.4 is 5.32 Å². The van der Waals surface area contributed by atoms with Crippen LogP contribution in [0.2, 0.25) is 0 Å². The van der Waals surface area contributed by atoms with Gasteiger partial charge in [-0.1, -0.05) is 13.3 Å². The van der Waals surface area contributed by atoms with E-state index in [0.717, 1.165) is 5.92 Å². The van der Waals surface area contributed by atoms with E-state index in [-0.39, 0.29) is 0 Å². The third kappa shape index (κ3) is 1.66. The Balaban J connectivity index is 1.92. The lowest BCUT2D eigenvalue weighted by atomic mass is 9.73. The molecule has 0 aromatic heterocycles. The Labute approximate surface area is 75.9 Å². The van der Waals surface area contributed by atoms with Gasteiger partial charge in [-0.15, -0.1) is 0 Å². The summed E-state index contributed by atoms with van der Waals surface area (Å²) in [4.78, 5) is 0. The van der Waals surface area contributed by atoms with Crippen LogP contribution >= 0.6 is 0 Å². The van der Waals surface area contributed by atoms with Crippen molar-refractivity contribution in [1.29, 1.82) is 0 Å². The molecule has 0 aromatic carbocycles. The number of piperidine rings is 1. The quantitative estimate of drug-likeness (QED) is 0.585. The molecule has 1 spiro atoms. The zero-order chi connectivity index (χ0) is 8.44. The lowest BCUT2D eigenvalue weighted by molar-refractivity contribution is 0.158. The van der Waals surface area contributed by atoms with Crippen LogP contribution in [0, 0.1) is 5.92 Å². The molecule has 1 aliphatic carbocycles. The van der Waals surface area contributed by atoms with Crippen LogP contribution in [0.4, 0.5) is 0 Å². The van der Waals surface area contributed by atoms with E-state index in [9.17, 15) is 0 Å². The predicted octanol–water partition coefficient (Wildman–Crippen LogP) is 2.71. The maximum atomic E-state index is 3.76. The van der Waals surface area contributed by atoms with Crippen LogP contribution in [0.1, 0.15) is 51.9 Å². The zero-order valence-corrected chi connectivity index (χ0v) is 8.23. The Kier molecular flexibility index (Phi) is 2.40. The first-order chi connectivity index (χ1) is 5.81. The monoisotopic (exact) mass is 167 g/mol. The highest BCUT2D eigenvalue weighted by atomic mass is 15.0. The van der Waals surface area contributed by atoms with Crippen molar-refractivity contribution in [2.75, 3.05) is 6.54 Å². The Bertz CT molecular complexity index is 137. The molecule has 1 heterocycles. The second-order valence-corrected chi connectivity index (χ2v) is 4.85. The first kappa shape index (κ1) is 8.55. The maximum absolute atomic E-state index is 3.76. The molecule has 0 amide bonds. The van der Waals surface area contributed by atoms with E-state index in [1.54, 1.807) is 0 Å². The molecule has 1 aliphatic heterocycles. The van der Waals surface area contributed by atoms with E-state index in [1.165, 1.54) is 51.5 Å². The van der Waals surface area contributed by atoms with Gasteiger partial charge in [-0.05, 0) is 51.0 Å². The van der Waals surface area contributed by atoms with Crippen LogP contribution in [0.5, 0.6) is 0 Å². The van der Waals surface area contributed by atoms with Gasteiger partial charge in [0.15, 0.2) is 0 Å². The van der Waals surface area contributed by atoms with Gasteiger partial charge in [0, 0.05) is 5.54 Å². The average Bonchev–Trinajstić information content (AvgIpc) is 2.13. The van der Waals surface area contributed by atoms with E-state index in [1.807, 2.05) is 0 Å². The molecule has 1 heteroatoms. The van der Waals surface area contributed by atoms with Gasteiger partial charge in [-0.2, -0.15) is 0 Å². The summed E-state index contributed by atoms with van der Waals surface area (Å²) in [6, 6.07) is 0. The molecule has 1 saturated carbocycles. The van der Waals surface area contributed by atoms with Crippen LogP contribution in [0.3, 0.4) is 0 Å². The molecule has 2 aliphatic rings. The number of nitrogens with one attached hydrogen (secondary N) is 1. The molecule has 0 atom stereocenters. The summed E-state index contributed by atoms with van der Waals surface area (Å²) in [5.41, 5.74) is 0.588. The van der Waals surface area contributed by atoms with E-state index < -0.39 is 0 Å². The molecule has 0 radical (unpaired) electrons. The summed E-state index contributed by atoms with van der Waals surface area (Å²) >= 11 is 0. The van der Waals surface area contributed by atoms with Crippen LogP contribution in [-0.4, -0.2) is 12.1 Å². The summed E-state index contributed by atoms with van der Waals surface area (Å²) in [7, 11) is 0. The minimum Gasteiger partial charge on any atom is -0.311 e. The third-order valence-corrected chi connectivity index (χ3v) is 3.81. The highest BCUT2D eigenvalue weighted by Gasteiger charge is 2.34. The molecule has 70 valence electrons. The van der Waals surface area contributed by atoms with Crippen molar-refractivity contribution in [3.63, 3.8) is 0 Å². The first-order valence-electron chi connectivity index (χ1n) is 5.56. The van der Waals surface area contributed by atoms with Gasteiger partial charge in [0.2, 0.25) is 0 Å². The van der Waals surface area contributed by atoms with Crippen molar-refractivity contribution in [3.8, 4) is 0 Å². The largest absolute Gasteiger partial charge is 0.311 e. The number of rotatable bonds is 0. The predicted molar refractivity (Wildman–Crippen MR) is 52.2 cm³/mol. The van der Waals surface area contributed by atoms with Crippen molar-refractivity contribution < 1.29 is 0 Å². The minimum absolute atomic E-state index is 0.588. The third-order valence-electron chi connectivity index (χ3n) is 3.81. The molecular formula is C11H21N. The fraction of sp³-hybridized carbons (Fsp3) is 1.00. The fourth-order valence-electron chi connectivity index (χ4n) is 2.77. The van der Waals surface area contributed by atoms with Gasteiger partial charge >= 0.3 is 0 Å². The summed E-state index contributed by atoms with van der Waals surface area (Å²) in [5.74, 6) is 0.986. The molecule has 1 saturated heterocycles. The molecule has 12 heavy (non-hydrogen) atoms. The lowest BCUT2D eigenvalue weighted by Crippen LogP contribution is -2.50. The normalized spacial score (nSPS) is 43.2. The van der Waals surface area contributed by atoms with Gasteiger partial charge in [-0.3, -0.25) is 0 Å². The Hall–Kier alpha value is -0.0400. The van der Waals surface area contributed by atoms with Gasteiger partial charge in [0.25, 0.3) is 0 Å². The van der Waals surface area contributed by atoms with Crippen LogP contribution in [0.25, 0.3) is 0 Å². The fourth-order valence-corrected chi connectivity index (χ4v) is 2.77. The smallest absolute Gasteiger partial charge is 0.0181 e. The van der Waals surface area contributed by atoms with E-state index in [0.29, 0.717) is 5.54 Å². The summed E-state index contributed by atoms with van der Waals surface area (Å²) < 4.78 is 0. The highest BCUT2D eigenvalue weighted by Crippen LogP contribution is 2.36. The lowest BCUT2D eigenvalue weighted by Gasteiger charge is -2.43. The molecule has 0 unspecified atom stereocenters. The van der Waals surface area contributed by atoms with Gasteiger partial charge in [0.1, 0.15) is 0 Å². The standard InChI is InChI=1S/C11H21N/c1-10-4-7-11(8-5-10)6-2-3-9-12-11/h10,12H,2-9H2,1H3.